The first-order valence-corrected chi connectivity index (χ1v) is 11.1. The number of ether oxygens (including phenoxy) is 4. The number of halogens is 6. The lowest BCUT2D eigenvalue weighted by Crippen LogP contribution is -2.23. The van der Waals surface area contributed by atoms with Crippen LogP contribution in [0.2, 0.25) is 0 Å². The molecule has 0 unspecified atom stereocenters. The summed E-state index contributed by atoms with van der Waals surface area (Å²) >= 11 is 0. The van der Waals surface area contributed by atoms with Crippen molar-refractivity contribution in [3.63, 3.8) is 0 Å². The second-order valence-corrected chi connectivity index (χ2v) is 8.21. The third kappa shape index (κ3) is 13.1. The summed E-state index contributed by atoms with van der Waals surface area (Å²) < 4.78 is 94.3. The number of esters is 1. The Hall–Kier alpha value is -3.09. The molecular formula is C24H30F6N2O5. The SMILES string of the molecule is COC(=O)CCCOc1cc(C(F)(F)F)ccn1.COC(C)(C)CCCOc1cc(C(F)(F)F)ccn1. The van der Waals surface area contributed by atoms with Crippen molar-refractivity contribution in [3.8, 4) is 11.8 Å². The number of rotatable bonds is 11. The van der Waals surface area contributed by atoms with Gasteiger partial charge in [-0.3, -0.25) is 4.79 Å². The normalized spacial score (nSPS) is 11.8. The molecular weight excluding hydrogens is 510 g/mol. The maximum Gasteiger partial charge on any atom is 0.416 e. The van der Waals surface area contributed by atoms with Gasteiger partial charge in [0.15, 0.2) is 0 Å². The number of hydrogen-bond acceptors (Lipinski definition) is 7. The van der Waals surface area contributed by atoms with Crippen LogP contribution in [0.5, 0.6) is 11.8 Å². The summed E-state index contributed by atoms with van der Waals surface area (Å²) in [4.78, 5) is 18.2. The first-order valence-electron chi connectivity index (χ1n) is 11.1. The molecule has 0 aliphatic carbocycles. The van der Waals surface area contributed by atoms with E-state index in [2.05, 4.69) is 14.7 Å². The zero-order valence-corrected chi connectivity index (χ0v) is 20.9. The van der Waals surface area contributed by atoms with Gasteiger partial charge in [-0.15, -0.1) is 0 Å². The highest BCUT2D eigenvalue weighted by molar-refractivity contribution is 5.69. The van der Waals surface area contributed by atoms with E-state index in [4.69, 9.17) is 14.2 Å². The second-order valence-electron chi connectivity index (χ2n) is 8.21. The minimum absolute atomic E-state index is 0.00921. The molecule has 37 heavy (non-hydrogen) atoms. The summed E-state index contributed by atoms with van der Waals surface area (Å²) in [5, 5.41) is 0. The van der Waals surface area contributed by atoms with Crippen molar-refractivity contribution in [1.29, 1.82) is 0 Å². The van der Waals surface area contributed by atoms with Crippen LogP contribution in [0.1, 0.15) is 50.7 Å². The Labute approximate surface area is 211 Å². The number of alkyl halides is 6. The summed E-state index contributed by atoms with van der Waals surface area (Å²) in [5.74, 6) is -0.518. The third-order valence-electron chi connectivity index (χ3n) is 4.85. The van der Waals surface area contributed by atoms with Crippen LogP contribution in [-0.2, 0) is 26.6 Å². The number of carbonyl (C=O) groups excluding carboxylic acids is 1. The molecule has 2 aromatic rings. The lowest BCUT2D eigenvalue weighted by atomic mass is 10.0. The highest BCUT2D eigenvalue weighted by atomic mass is 19.4. The van der Waals surface area contributed by atoms with Gasteiger partial charge < -0.3 is 18.9 Å². The van der Waals surface area contributed by atoms with Crippen LogP contribution in [0.25, 0.3) is 0 Å². The molecule has 0 radical (unpaired) electrons. The molecule has 13 heteroatoms. The zero-order chi connectivity index (χ0) is 28.1. The smallest absolute Gasteiger partial charge is 0.416 e. The molecule has 0 atom stereocenters. The standard InChI is InChI=1S/C13H18F3NO2.C11H12F3NO3/c1-12(2,18-3)6-4-8-19-11-9-10(5-7-17-11)13(14,15)16;1-17-10(16)3-2-6-18-9-7-8(4-5-15-9)11(12,13)14/h5,7,9H,4,6,8H2,1-3H3;4-5,7H,2-3,6H2,1H3. The van der Waals surface area contributed by atoms with Gasteiger partial charge in [-0.05, 0) is 45.2 Å². The average molecular weight is 541 g/mol. The van der Waals surface area contributed by atoms with Gasteiger partial charge in [0.25, 0.3) is 0 Å². The maximum atomic E-state index is 12.5. The molecule has 0 aliphatic rings. The van der Waals surface area contributed by atoms with Crippen LogP contribution in [0.4, 0.5) is 26.3 Å². The van der Waals surface area contributed by atoms with Crippen LogP contribution < -0.4 is 9.47 Å². The van der Waals surface area contributed by atoms with E-state index in [-0.39, 0.29) is 30.4 Å². The highest BCUT2D eigenvalue weighted by Gasteiger charge is 2.31. The van der Waals surface area contributed by atoms with E-state index < -0.39 is 29.4 Å². The van der Waals surface area contributed by atoms with Crippen LogP contribution in [0, 0.1) is 0 Å². The van der Waals surface area contributed by atoms with E-state index in [9.17, 15) is 31.1 Å². The number of aromatic nitrogens is 2. The van der Waals surface area contributed by atoms with Crippen molar-refractivity contribution in [1.82, 2.24) is 9.97 Å². The Balaban J connectivity index is 0.000000371. The minimum Gasteiger partial charge on any atom is -0.478 e. The van der Waals surface area contributed by atoms with Crippen molar-refractivity contribution >= 4 is 5.97 Å². The Kier molecular flexibility index (Phi) is 12.6. The molecule has 208 valence electrons. The molecule has 2 aromatic heterocycles. The summed E-state index contributed by atoms with van der Waals surface area (Å²) in [5.41, 5.74) is -1.83. The molecule has 0 aromatic carbocycles. The number of carbonyl (C=O) groups is 1. The van der Waals surface area contributed by atoms with Crippen LogP contribution >= 0.6 is 0 Å². The monoisotopic (exact) mass is 540 g/mol. The predicted octanol–water partition coefficient (Wildman–Crippen LogP) is 6.12. The van der Waals surface area contributed by atoms with Crippen LogP contribution in [0.15, 0.2) is 36.7 Å². The van der Waals surface area contributed by atoms with E-state index in [1.165, 1.54) is 7.11 Å². The highest BCUT2D eigenvalue weighted by Crippen LogP contribution is 2.31. The predicted molar refractivity (Wildman–Crippen MR) is 121 cm³/mol. The fourth-order valence-electron chi connectivity index (χ4n) is 2.60. The molecule has 0 fully saturated rings. The Morgan fingerprint density at radius 3 is 1.68 bits per heavy atom. The topological polar surface area (TPSA) is 79.8 Å². The fraction of sp³-hybridized carbons (Fsp3) is 0.542. The van der Waals surface area contributed by atoms with Gasteiger partial charge in [-0.25, -0.2) is 9.97 Å². The third-order valence-corrected chi connectivity index (χ3v) is 4.85. The molecule has 0 amide bonds. The van der Waals surface area contributed by atoms with Gasteiger partial charge >= 0.3 is 18.3 Å². The van der Waals surface area contributed by atoms with Gasteiger partial charge in [0.1, 0.15) is 0 Å². The fourth-order valence-corrected chi connectivity index (χ4v) is 2.60. The molecule has 0 saturated carbocycles. The lowest BCUT2D eigenvalue weighted by molar-refractivity contribution is -0.141. The zero-order valence-electron chi connectivity index (χ0n) is 20.9. The van der Waals surface area contributed by atoms with Crippen molar-refractivity contribution in [2.24, 2.45) is 0 Å². The van der Waals surface area contributed by atoms with E-state index >= 15 is 0 Å². The Bertz CT molecular complexity index is 967. The molecule has 0 spiro atoms. The number of methoxy groups -OCH3 is 2. The van der Waals surface area contributed by atoms with Crippen LogP contribution in [-0.4, -0.2) is 49.0 Å². The maximum absolute atomic E-state index is 12.5. The van der Waals surface area contributed by atoms with E-state index in [0.29, 0.717) is 19.4 Å². The van der Waals surface area contributed by atoms with Crippen LogP contribution in [0.3, 0.4) is 0 Å². The van der Waals surface area contributed by atoms with Crippen molar-refractivity contribution in [3.05, 3.63) is 47.8 Å². The molecule has 2 heterocycles. The first kappa shape index (κ1) is 31.9. The van der Waals surface area contributed by atoms with Gasteiger partial charge in [-0.1, -0.05) is 0 Å². The lowest BCUT2D eigenvalue weighted by Gasteiger charge is -2.22. The van der Waals surface area contributed by atoms with Crippen molar-refractivity contribution < 1.29 is 50.1 Å². The van der Waals surface area contributed by atoms with Crippen molar-refractivity contribution in [2.75, 3.05) is 27.4 Å². The van der Waals surface area contributed by atoms with E-state index in [0.717, 1.165) is 43.1 Å². The molecule has 0 N–H and O–H groups in total. The first-order chi connectivity index (χ1) is 17.2. The summed E-state index contributed by atoms with van der Waals surface area (Å²) in [7, 11) is 2.88. The summed E-state index contributed by atoms with van der Waals surface area (Å²) in [6.45, 7) is 4.29. The van der Waals surface area contributed by atoms with Gasteiger partial charge in [0.2, 0.25) is 11.8 Å². The number of hydrogen-bond donors (Lipinski definition) is 0. The molecule has 7 nitrogen and oxygen atoms in total. The molecule has 0 saturated heterocycles. The van der Waals surface area contributed by atoms with E-state index in [1.54, 1.807) is 7.11 Å². The Morgan fingerprint density at radius 2 is 1.27 bits per heavy atom. The Morgan fingerprint density at radius 1 is 0.811 bits per heavy atom. The largest absolute Gasteiger partial charge is 0.478 e. The summed E-state index contributed by atoms with van der Waals surface area (Å²) in [6, 6.07) is 3.50. The van der Waals surface area contributed by atoms with E-state index in [1.807, 2.05) is 13.8 Å². The quantitative estimate of drug-likeness (QED) is 0.193. The van der Waals surface area contributed by atoms with Gasteiger partial charge in [0, 0.05) is 38.1 Å². The van der Waals surface area contributed by atoms with Gasteiger partial charge in [0.05, 0.1) is 37.1 Å². The van der Waals surface area contributed by atoms with Crippen molar-refractivity contribution in [2.45, 2.75) is 57.5 Å². The molecule has 0 bridgehead atoms. The average Bonchev–Trinajstić information content (AvgIpc) is 2.84. The molecule has 2 rings (SSSR count). The van der Waals surface area contributed by atoms with Gasteiger partial charge in [-0.2, -0.15) is 26.3 Å². The summed E-state index contributed by atoms with van der Waals surface area (Å²) in [6.07, 6.45) is -4.75. The second kappa shape index (κ2) is 14.6. The number of pyridine rings is 2. The number of nitrogens with zero attached hydrogens (tertiary/aromatic N) is 2. The molecule has 0 aliphatic heterocycles. The minimum atomic E-state index is -4.42.